The third kappa shape index (κ3) is 1.94. The van der Waals surface area contributed by atoms with E-state index in [-0.39, 0.29) is 5.41 Å². The van der Waals surface area contributed by atoms with Crippen molar-refractivity contribution in [1.29, 1.82) is 0 Å². The molecule has 0 aromatic heterocycles. The van der Waals surface area contributed by atoms with Gasteiger partial charge >= 0.3 is 0 Å². The molecular weight excluding hydrogens is 348 g/mol. The molecule has 0 atom stereocenters. The fourth-order valence-corrected chi connectivity index (χ4v) is 5.46. The van der Waals surface area contributed by atoms with Gasteiger partial charge in [-0.15, -0.1) is 0 Å². The second-order valence-corrected chi connectivity index (χ2v) is 8.80. The zero-order chi connectivity index (χ0) is 18.3. The lowest BCUT2D eigenvalue weighted by molar-refractivity contribution is 0.665. The molecule has 0 heterocycles. The summed E-state index contributed by atoms with van der Waals surface area (Å²) in [6, 6.07) is 24.5. The molecule has 6 rings (SSSR count). The standard InChI is InChI=1S/C26H19Cl/c1-26(2)24-13-17-11-16-12-18(27)8-10-19(16)22(17)14-23(24)21-9-7-15-5-3-4-6-20(15)25(21)26/h3-10,12-14H,11H2,1-2H3. The highest BCUT2D eigenvalue weighted by atomic mass is 35.5. The van der Waals surface area contributed by atoms with Crippen molar-refractivity contribution in [3.05, 3.63) is 94.0 Å². The van der Waals surface area contributed by atoms with Crippen LogP contribution in [-0.2, 0) is 11.8 Å². The van der Waals surface area contributed by atoms with Crippen LogP contribution in [0.3, 0.4) is 0 Å². The molecule has 0 aliphatic heterocycles. The van der Waals surface area contributed by atoms with Crippen molar-refractivity contribution in [3.8, 4) is 22.3 Å². The molecule has 4 aromatic rings. The lowest BCUT2D eigenvalue weighted by Crippen LogP contribution is -2.15. The van der Waals surface area contributed by atoms with Crippen molar-refractivity contribution < 1.29 is 0 Å². The van der Waals surface area contributed by atoms with Crippen LogP contribution in [0.25, 0.3) is 33.0 Å². The molecule has 0 fully saturated rings. The van der Waals surface area contributed by atoms with Gasteiger partial charge in [0.2, 0.25) is 0 Å². The monoisotopic (exact) mass is 366 g/mol. The van der Waals surface area contributed by atoms with Gasteiger partial charge < -0.3 is 0 Å². The van der Waals surface area contributed by atoms with E-state index in [1.165, 1.54) is 55.3 Å². The third-order valence-corrected chi connectivity index (χ3v) is 6.73. The Kier molecular flexibility index (Phi) is 2.88. The van der Waals surface area contributed by atoms with E-state index in [0.29, 0.717) is 0 Å². The minimum Gasteiger partial charge on any atom is -0.0843 e. The number of hydrogen-bond donors (Lipinski definition) is 0. The van der Waals surface area contributed by atoms with E-state index in [1.54, 1.807) is 0 Å². The van der Waals surface area contributed by atoms with Gasteiger partial charge in [-0.1, -0.05) is 74.0 Å². The van der Waals surface area contributed by atoms with Crippen molar-refractivity contribution in [3.63, 3.8) is 0 Å². The van der Waals surface area contributed by atoms with E-state index in [0.717, 1.165) is 11.4 Å². The summed E-state index contributed by atoms with van der Waals surface area (Å²) in [5, 5.41) is 3.53. The van der Waals surface area contributed by atoms with Crippen LogP contribution in [-0.4, -0.2) is 0 Å². The Morgan fingerprint density at radius 2 is 1.52 bits per heavy atom. The van der Waals surface area contributed by atoms with Gasteiger partial charge in [0.1, 0.15) is 0 Å². The summed E-state index contributed by atoms with van der Waals surface area (Å²) in [7, 11) is 0. The van der Waals surface area contributed by atoms with E-state index in [9.17, 15) is 0 Å². The van der Waals surface area contributed by atoms with Gasteiger partial charge in [0, 0.05) is 10.4 Å². The molecule has 0 amide bonds. The summed E-state index contributed by atoms with van der Waals surface area (Å²) in [5.41, 5.74) is 11.2. The highest BCUT2D eigenvalue weighted by Gasteiger charge is 2.38. The van der Waals surface area contributed by atoms with Crippen molar-refractivity contribution >= 4 is 22.4 Å². The largest absolute Gasteiger partial charge is 0.0843 e. The molecule has 0 spiro atoms. The summed E-state index contributed by atoms with van der Waals surface area (Å²) in [6.45, 7) is 4.74. The first-order valence-electron chi connectivity index (χ1n) is 9.53. The van der Waals surface area contributed by atoms with E-state index in [1.807, 2.05) is 6.07 Å². The maximum Gasteiger partial charge on any atom is 0.0409 e. The van der Waals surface area contributed by atoms with Crippen molar-refractivity contribution in [2.45, 2.75) is 25.7 Å². The molecule has 4 aromatic carbocycles. The molecular formula is C26H19Cl. The number of benzene rings is 4. The minimum absolute atomic E-state index is 0.00692. The fraction of sp³-hybridized carbons (Fsp3) is 0.154. The van der Waals surface area contributed by atoms with Crippen molar-refractivity contribution in [2.24, 2.45) is 0 Å². The van der Waals surface area contributed by atoms with Crippen LogP contribution in [0.1, 0.15) is 36.1 Å². The Balaban J connectivity index is 1.67. The van der Waals surface area contributed by atoms with Gasteiger partial charge in [0.25, 0.3) is 0 Å². The van der Waals surface area contributed by atoms with Gasteiger partial charge in [-0.25, -0.2) is 0 Å². The normalized spacial score (nSPS) is 15.4. The Bertz CT molecular complexity index is 1280. The molecule has 130 valence electrons. The molecule has 0 saturated heterocycles. The second kappa shape index (κ2) is 5.03. The van der Waals surface area contributed by atoms with Crippen molar-refractivity contribution in [2.75, 3.05) is 0 Å². The fourth-order valence-electron chi connectivity index (χ4n) is 5.26. The van der Waals surface area contributed by atoms with Gasteiger partial charge in [-0.05, 0) is 79.9 Å². The van der Waals surface area contributed by atoms with Crippen LogP contribution in [0.5, 0.6) is 0 Å². The van der Waals surface area contributed by atoms with E-state index in [2.05, 4.69) is 74.5 Å². The Morgan fingerprint density at radius 1 is 0.741 bits per heavy atom. The Labute approximate surface area is 164 Å². The average molecular weight is 367 g/mol. The first kappa shape index (κ1) is 15.5. The van der Waals surface area contributed by atoms with Crippen molar-refractivity contribution in [1.82, 2.24) is 0 Å². The Morgan fingerprint density at radius 3 is 2.41 bits per heavy atom. The quantitative estimate of drug-likeness (QED) is 0.268. The molecule has 0 N–H and O–H groups in total. The molecule has 27 heavy (non-hydrogen) atoms. The topological polar surface area (TPSA) is 0 Å². The third-order valence-electron chi connectivity index (χ3n) is 6.50. The number of fused-ring (bicyclic) bond motifs is 8. The zero-order valence-corrected chi connectivity index (χ0v) is 16.2. The first-order chi connectivity index (χ1) is 13.0. The van der Waals surface area contributed by atoms with Gasteiger partial charge in [0.15, 0.2) is 0 Å². The second-order valence-electron chi connectivity index (χ2n) is 8.37. The first-order valence-corrected chi connectivity index (χ1v) is 9.90. The molecule has 0 saturated carbocycles. The number of hydrogen-bond acceptors (Lipinski definition) is 0. The van der Waals surface area contributed by atoms with E-state index in [4.69, 9.17) is 11.6 Å². The summed E-state index contributed by atoms with van der Waals surface area (Å²) >= 11 is 6.23. The predicted octanol–water partition coefficient (Wildman–Crippen LogP) is 7.37. The van der Waals surface area contributed by atoms with Crippen LogP contribution < -0.4 is 0 Å². The number of halogens is 1. The lowest BCUT2D eigenvalue weighted by Gasteiger charge is -2.23. The average Bonchev–Trinajstić information content (AvgIpc) is 3.12. The summed E-state index contributed by atoms with van der Waals surface area (Å²) in [5.74, 6) is 0. The molecule has 2 aliphatic carbocycles. The minimum atomic E-state index is 0.00692. The highest BCUT2D eigenvalue weighted by molar-refractivity contribution is 6.30. The van der Waals surface area contributed by atoms with Gasteiger partial charge in [0.05, 0.1) is 0 Å². The summed E-state index contributed by atoms with van der Waals surface area (Å²) < 4.78 is 0. The van der Waals surface area contributed by atoms with Crippen LogP contribution in [0.4, 0.5) is 0 Å². The van der Waals surface area contributed by atoms with E-state index >= 15 is 0 Å². The number of rotatable bonds is 0. The Hall–Kier alpha value is -2.57. The molecule has 0 radical (unpaired) electrons. The SMILES string of the molecule is CC1(C)c2cc3c(cc2-c2ccc4ccccc4c21)-c1ccc(Cl)cc1C3. The smallest absolute Gasteiger partial charge is 0.0409 e. The molecule has 0 bridgehead atoms. The zero-order valence-electron chi connectivity index (χ0n) is 15.4. The molecule has 0 unspecified atom stereocenters. The van der Waals surface area contributed by atoms with Crippen LogP contribution in [0, 0.1) is 0 Å². The highest BCUT2D eigenvalue weighted by Crippen LogP contribution is 2.54. The summed E-state index contributed by atoms with van der Waals surface area (Å²) in [6.07, 6.45) is 0.978. The lowest BCUT2D eigenvalue weighted by atomic mass is 9.79. The van der Waals surface area contributed by atoms with Gasteiger partial charge in [-0.2, -0.15) is 0 Å². The maximum atomic E-state index is 6.23. The van der Waals surface area contributed by atoms with E-state index < -0.39 is 0 Å². The molecule has 0 nitrogen and oxygen atoms in total. The van der Waals surface area contributed by atoms with Gasteiger partial charge in [-0.3, -0.25) is 0 Å². The predicted molar refractivity (Wildman–Crippen MR) is 115 cm³/mol. The van der Waals surface area contributed by atoms with Crippen LogP contribution in [0.15, 0.2) is 66.7 Å². The molecule has 1 heteroatoms. The van der Waals surface area contributed by atoms with Crippen LogP contribution in [0.2, 0.25) is 5.02 Å². The summed E-state index contributed by atoms with van der Waals surface area (Å²) in [4.78, 5) is 0. The maximum absolute atomic E-state index is 6.23. The van der Waals surface area contributed by atoms with Crippen LogP contribution >= 0.6 is 11.6 Å². The molecule has 2 aliphatic rings.